The maximum absolute atomic E-state index is 12.5. The van der Waals surface area contributed by atoms with Gasteiger partial charge < -0.3 is 0 Å². The molecule has 0 aliphatic carbocycles. The van der Waals surface area contributed by atoms with Crippen molar-refractivity contribution in [3.8, 4) is 11.4 Å². The van der Waals surface area contributed by atoms with Crippen LogP contribution in [0.4, 0.5) is 4.79 Å². The Labute approximate surface area is 153 Å². The number of aromatic nitrogens is 2. The number of imide groups is 1. The molecule has 7 heteroatoms. The minimum absolute atomic E-state index is 0.0905. The molecule has 4 rings (SSSR count). The van der Waals surface area contributed by atoms with Crippen LogP contribution in [0.5, 0.6) is 0 Å². The second-order valence-corrected chi connectivity index (χ2v) is 7.28. The van der Waals surface area contributed by atoms with E-state index in [1.54, 1.807) is 13.1 Å². The molecular formula is C19H15N3O3S. The molecule has 0 saturated carbocycles. The Bertz CT molecular complexity index is 1090. The molecule has 130 valence electrons. The number of thioether (sulfide) groups is 1. The lowest BCUT2D eigenvalue weighted by molar-refractivity contribution is -0.118. The van der Waals surface area contributed by atoms with Gasteiger partial charge in [0, 0.05) is 12.6 Å². The molecule has 3 aromatic rings. The Morgan fingerprint density at radius 1 is 1.08 bits per heavy atom. The normalized spacial score (nSPS) is 16.9. The van der Waals surface area contributed by atoms with Gasteiger partial charge in [-0.05, 0) is 24.1 Å². The van der Waals surface area contributed by atoms with E-state index in [-0.39, 0.29) is 16.7 Å². The highest BCUT2D eigenvalue weighted by atomic mass is 32.2. The average molecular weight is 365 g/mol. The number of rotatable bonds is 3. The monoisotopic (exact) mass is 365 g/mol. The summed E-state index contributed by atoms with van der Waals surface area (Å²) in [6.07, 6.45) is 0.479. The lowest BCUT2D eigenvalue weighted by atomic mass is 10.1. The minimum Gasteiger partial charge on any atom is -0.295 e. The SMILES string of the molecule is Cn1c(-c2ccc(CC3SC(=O)NC3=O)cc2)nc2ccccc2c1=O. The second-order valence-electron chi connectivity index (χ2n) is 6.10. The number of nitrogens with zero attached hydrogens (tertiary/aromatic N) is 2. The summed E-state index contributed by atoms with van der Waals surface area (Å²) in [5.74, 6) is 0.339. The van der Waals surface area contributed by atoms with Crippen LogP contribution in [-0.2, 0) is 18.3 Å². The molecule has 0 spiro atoms. The summed E-state index contributed by atoms with van der Waals surface area (Å²) in [4.78, 5) is 40.1. The zero-order valence-electron chi connectivity index (χ0n) is 13.9. The summed E-state index contributed by atoms with van der Waals surface area (Å²) < 4.78 is 1.54. The fraction of sp³-hybridized carbons (Fsp3) is 0.158. The molecule has 1 aromatic heterocycles. The number of fused-ring (bicyclic) bond motifs is 1. The van der Waals surface area contributed by atoms with Crippen molar-refractivity contribution >= 4 is 33.8 Å². The van der Waals surface area contributed by atoms with Gasteiger partial charge in [0.25, 0.3) is 10.8 Å². The van der Waals surface area contributed by atoms with E-state index in [0.717, 1.165) is 22.9 Å². The molecule has 0 radical (unpaired) electrons. The predicted octanol–water partition coefficient (Wildman–Crippen LogP) is 2.49. The van der Waals surface area contributed by atoms with Crippen molar-refractivity contribution in [2.24, 2.45) is 7.05 Å². The van der Waals surface area contributed by atoms with Gasteiger partial charge in [0.1, 0.15) is 5.82 Å². The molecule has 26 heavy (non-hydrogen) atoms. The average Bonchev–Trinajstić information content (AvgIpc) is 2.96. The second kappa shape index (κ2) is 6.42. The molecule has 2 aromatic carbocycles. The summed E-state index contributed by atoms with van der Waals surface area (Å²) in [5.41, 5.74) is 2.33. The van der Waals surface area contributed by atoms with Crippen LogP contribution < -0.4 is 10.9 Å². The molecule has 1 fully saturated rings. The maximum Gasteiger partial charge on any atom is 0.286 e. The van der Waals surface area contributed by atoms with Crippen LogP contribution in [0.1, 0.15) is 5.56 Å². The Hall–Kier alpha value is -2.93. The zero-order valence-corrected chi connectivity index (χ0v) is 14.7. The largest absolute Gasteiger partial charge is 0.295 e. The molecule has 1 N–H and O–H groups in total. The van der Waals surface area contributed by atoms with E-state index in [2.05, 4.69) is 10.3 Å². The number of para-hydroxylation sites is 1. The first-order valence-electron chi connectivity index (χ1n) is 8.09. The van der Waals surface area contributed by atoms with Gasteiger partial charge in [-0.15, -0.1) is 0 Å². The number of carbonyl (C=O) groups is 2. The zero-order chi connectivity index (χ0) is 18.3. The van der Waals surface area contributed by atoms with E-state index in [1.165, 1.54) is 4.57 Å². The summed E-state index contributed by atoms with van der Waals surface area (Å²) in [7, 11) is 1.70. The van der Waals surface area contributed by atoms with E-state index < -0.39 is 5.25 Å². The molecule has 1 aliphatic rings. The van der Waals surface area contributed by atoms with Gasteiger partial charge >= 0.3 is 0 Å². The molecular weight excluding hydrogens is 350 g/mol. The van der Waals surface area contributed by atoms with Crippen molar-refractivity contribution in [2.75, 3.05) is 0 Å². The van der Waals surface area contributed by atoms with E-state index in [1.807, 2.05) is 42.5 Å². The smallest absolute Gasteiger partial charge is 0.286 e. The first-order chi connectivity index (χ1) is 12.5. The third-order valence-corrected chi connectivity index (χ3v) is 5.36. The van der Waals surface area contributed by atoms with Crippen LogP contribution in [0.2, 0.25) is 0 Å². The number of hydrogen-bond acceptors (Lipinski definition) is 5. The van der Waals surface area contributed by atoms with Crippen molar-refractivity contribution in [1.29, 1.82) is 0 Å². The van der Waals surface area contributed by atoms with Crippen LogP contribution in [0.3, 0.4) is 0 Å². The molecule has 2 amide bonds. The number of nitrogens with one attached hydrogen (secondary N) is 1. The van der Waals surface area contributed by atoms with Crippen molar-refractivity contribution in [1.82, 2.24) is 14.9 Å². The molecule has 1 saturated heterocycles. The lowest BCUT2D eigenvalue weighted by Gasteiger charge is -2.10. The maximum atomic E-state index is 12.5. The molecule has 2 heterocycles. The van der Waals surface area contributed by atoms with E-state index >= 15 is 0 Å². The predicted molar refractivity (Wildman–Crippen MR) is 101 cm³/mol. The van der Waals surface area contributed by atoms with Gasteiger partial charge in [0.2, 0.25) is 5.91 Å². The molecule has 0 bridgehead atoms. The van der Waals surface area contributed by atoms with Crippen LogP contribution in [0.15, 0.2) is 53.3 Å². The van der Waals surface area contributed by atoms with Gasteiger partial charge in [-0.2, -0.15) is 0 Å². The van der Waals surface area contributed by atoms with Crippen LogP contribution >= 0.6 is 11.8 Å². The fourth-order valence-electron chi connectivity index (χ4n) is 3.01. The van der Waals surface area contributed by atoms with Gasteiger partial charge in [-0.25, -0.2) is 4.98 Å². The van der Waals surface area contributed by atoms with Gasteiger partial charge in [-0.3, -0.25) is 24.3 Å². The summed E-state index contributed by atoms with van der Waals surface area (Å²) >= 11 is 1.02. The lowest BCUT2D eigenvalue weighted by Crippen LogP contribution is -2.25. The van der Waals surface area contributed by atoms with Gasteiger partial charge in [-0.1, -0.05) is 48.2 Å². The first-order valence-corrected chi connectivity index (χ1v) is 8.97. The topological polar surface area (TPSA) is 81.1 Å². The Morgan fingerprint density at radius 3 is 2.50 bits per heavy atom. The van der Waals surface area contributed by atoms with Gasteiger partial charge in [0.05, 0.1) is 16.2 Å². The summed E-state index contributed by atoms with van der Waals surface area (Å²) in [6, 6.07) is 14.8. The third-order valence-electron chi connectivity index (χ3n) is 4.38. The quantitative estimate of drug-likeness (QED) is 0.771. The Morgan fingerprint density at radius 2 is 1.81 bits per heavy atom. The number of carbonyl (C=O) groups excluding carboxylic acids is 2. The van der Waals surface area contributed by atoms with Crippen molar-refractivity contribution in [2.45, 2.75) is 11.7 Å². The first kappa shape index (κ1) is 16.5. The molecule has 1 aliphatic heterocycles. The third kappa shape index (κ3) is 2.90. The molecule has 1 atom stereocenters. The fourth-order valence-corrected chi connectivity index (χ4v) is 3.87. The Balaban J connectivity index is 1.66. The standard InChI is InChI=1S/C19H15N3O3S/c1-22-16(20-14-5-3-2-4-13(14)18(22)24)12-8-6-11(7-9-12)10-15-17(23)21-19(25)26-15/h2-9,15H,10H2,1H3,(H,21,23,25). The van der Waals surface area contributed by atoms with Crippen LogP contribution in [0.25, 0.3) is 22.3 Å². The highest BCUT2D eigenvalue weighted by molar-refractivity contribution is 8.15. The number of amides is 2. The van der Waals surface area contributed by atoms with Crippen molar-refractivity contribution in [3.63, 3.8) is 0 Å². The van der Waals surface area contributed by atoms with Crippen molar-refractivity contribution < 1.29 is 9.59 Å². The van der Waals surface area contributed by atoms with E-state index in [0.29, 0.717) is 23.1 Å². The minimum atomic E-state index is -0.392. The van der Waals surface area contributed by atoms with E-state index in [4.69, 9.17) is 0 Å². The van der Waals surface area contributed by atoms with E-state index in [9.17, 15) is 14.4 Å². The highest BCUT2D eigenvalue weighted by Gasteiger charge is 2.31. The number of hydrogen-bond donors (Lipinski definition) is 1. The summed E-state index contributed by atoms with van der Waals surface area (Å²) in [6.45, 7) is 0. The number of benzene rings is 2. The highest BCUT2D eigenvalue weighted by Crippen LogP contribution is 2.24. The van der Waals surface area contributed by atoms with Crippen molar-refractivity contribution in [3.05, 3.63) is 64.4 Å². The summed E-state index contributed by atoms with van der Waals surface area (Å²) in [5, 5.41) is 2.19. The van der Waals surface area contributed by atoms with Crippen LogP contribution in [0, 0.1) is 0 Å². The molecule has 1 unspecified atom stereocenters. The molecule has 6 nitrogen and oxygen atoms in total. The van der Waals surface area contributed by atoms with Gasteiger partial charge in [0.15, 0.2) is 0 Å². The van der Waals surface area contributed by atoms with Crippen LogP contribution in [-0.4, -0.2) is 25.9 Å². The Kier molecular flexibility index (Phi) is 4.08.